The molecule has 17 heavy (non-hydrogen) atoms. The lowest BCUT2D eigenvalue weighted by molar-refractivity contribution is 0.722. The number of fused-ring (bicyclic) bond motifs is 3. The number of aryl methyl sites for hydroxylation is 2. The summed E-state index contributed by atoms with van der Waals surface area (Å²) < 4.78 is 1.62. The summed E-state index contributed by atoms with van der Waals surface area (Å²) in [7, 11) is 0. The van der Waals surface area contributed by atoms with Crippen LogP contribution in [0, 0.1) is 0 Å². The van der Waals surface area contributed by atoms with Gasteiger partial charge in [-0.3, -0.25) is 9.36 Å². The van der Waals surface area contributed by atoms with E-state index in [0.717, 1.165) is 28.1 Å². The van der Waals surface area contributed by atoms with Gasteiger partial charge in [-0.15, -0.1) is 22.9 Å². The maximum atomic E-state index is 12.3. The molecule has 0 saturated carbocycles. The van der Waals surface area contributed by atoms with Crippen molar-refractivity contribution in [3.63, 3.8) is 0 Å². The van der Waals surface area contributed by atoms with Crippen molar-refractivity contribution in [2.75, 3.05) is 11.6 Å². The van der Waals surface area contributed by atoms with Crippen LogP contribution in [0.25, 0.3) is 10.2 Å². The van der Waals surface area contributed by atoms with Gasteiger partial charge in [0.25, 0.3) is 5.56 Å². The van der Waals surface area contributed by atoms with Gasteiger partial charge in [-0.25, -0.2) is 4.98 Å². The van der Waals surface area contributed by atoms with Crippen molar-refractivity contribution in [2.24, 2.45) is 0 Å². The Kier molecular flexibility index (Phi) is 3.15. The largest absolute Gasteiger partial charge is 0.297 e. The van der Waals surface area contributed by atoms with E-state index >= 15 is 0 Å². The molecule has 0 amide bonds. The van der Waals surface area contributed by atoms with E-state index in [4.69, 9.17) is 11.6 Å². The monoisotopic (exact) mass is 286 g/mol. The number of thioether (sulfide) groups is 1. The minimum atomic E-state index is 0.0695. The molecular weight excluding hydrogens is 276 g/mol. The smallest absolute Gasteiger partial charge is 0.262 e. The van der Waals surface area contributed by atoms with Crippen molar-refractivity contribution < 1.29 is 0 Å². The molecule has 3 heterocycles. The van der Waals surface area contributed by atoms with Crippen LogP contribution < -0.4 is 5.56 Å². The zero-order valence-electron chi connectivity index (χ0n) is 9.11. The highest BCUT2D eigenvalue weighted by Gasteiger charge is 2.19. The van der Waals surface area contributed by atoms with Crippen LogP contribution in [-0.4, -0.2) is 21.2 Å². The predicted octanol–water partition coefficient (Wildman–Crippen LogP) is 2.49. The third-order valence-corrected chi connectivity index (χ3v) is 5.39. The molecule has 0 atom stereocenters. The molecule has 0 fully saturated rings. The number of rotatable bonds is 2. The maximum Gasteiger partial charge on any atom is 0.262 e. The lowest BCUT2D eigenvalue weighted by Crippen LogP contribution is -2.21. The number of aromatic nitrogens is 2. The first-order chi connectivity index (χ1) is 8.31. The highest BCUT2D eigenvalue weighted by atomic mass is 35.5. The van der Waals surface area contributed by atoms with Gasteiger partial charge in [-0.05, 0) is 17.7 Å². The molecule has 1 aliphatic heterocycles. The molecule has 0 spiro atoms. The molecule has 3 nitrogen and oxygen atoms in total. The fourth-order valence-corrected chi connectivity index (χ4v) is 4.59. The lowest BCUT2D eigenvalue weighted by Gasteiger charge is -2.10. The zero-order chi connectivity index (χ0) is 11.8. The molecule has 1 aliphatic rings. The third-order valence-electron chi connectivity index (χ3n) is 2.92. The Balaban J connectivity index is 2.27. The van der Waals surface area contributed by atoms with Crippen LogP contribution in [0.1, 0.15) is 10.4 Å². The Morgan fingerprint density at radius 1 is 1.53 bits per heavy atom. The summed E-state index contributed by atoms with van der Waals surface area (Å²) in [6, 6.07) is 0. The molecule has 2 aromatic rings. The first-order valence-electron chi connectivity index (χ1n) is 5.44. The predicted molar refractivity (Wildman–Crippen MR) is 74.5 cm³/mol. The van der Waals surface area contributed by atoms with E-state index in [1.54, 1.807) is 22.2 Å². The minimum absolute atomic E-state index is 0.0695. The summed E-state index contributed by atoms with van der Waals surface area (Å²) in [5, 5.41) is 0.831. The van der Waals surface area contributed by atoms with Crippen molar-refractivity contribution >= 4 is 44.9 Å². The van der Waals surface area contributed by atoms with Gasteiger partial charge in [-0.2, -0.15) is 11.8 Å². The summed E-state index contributed by atoms with van der Waals surface area (Å²) in [4.78, 5) is 18.9. The SMILES string of the molecule is O=c1c2c3c(sc2ncn1CCCl)CSCC3. The average Bonchev–Trinajstić information content (AvgIpc) is 2.72. The van der Waals surface area contributed by atoms with Gasteiger partial charge in [0.05, 0.1) is 11.7 Å². The van der Waals surface area contributed by atoms with Crippen molar-refractivity contribution in [1.82, 2.24) is 9.55 Å². The molecule has 2 aromatic heterocycles. The summed E-state index contributed by atoms with van der Waals surface area (Å²) in [6.07, 6.45) is 2.60. The van der Waals surface area contributed by atoms with E-state index < -0.39 is 0 Å². The van der Waals surface area contributed by atoms with E-state index in [2.05, 4.69) is 4.98 Å². The maximum absolute atomic E-state index is 12.3. The number of hydrogen-bond donors (Lipinski definition) is 0. The molecule has 0 unspecified atom stereocenters. The molecule has 0 radical (unpaired) electrons. The van der Waals surface area contributed by atoms with E-state index in [1.807, 2.05) is 11.8 Å². The summed E-state index contributed by atoms with van der Waals surface area (Å²) in [6.45, 7) is 0.530. The van der Waals surface area contributed by atoms with Crippen LogP contribution in [0.5, 0.6) is 0 Å². The number of alkyl halides is 1. The fraction of sp³-hybridized carbons (Fsp3) is 0.455. The minimum Gasteiger partial charge on any atom is -0.297 e. The second-order valence-electron chi connectivity index (χ2n) is 3.92. The van der Waals surface area contributed by atoms with Crippen molar-refractivity contribution in [1.29, 1.82) is 0 Å². The standard InChI is InChI=1S/C11H11ClN2OS2/c12-2-3-14-6-13-10-9(11(14)15)7-1-4-16-5-8(7)17-10/h6H,1-5H2. The van der Waals surface area contributed by atoms with Crippen LogP contribution in [-0.2, 0) is 18.7 Å². The lowest BCUT2D eigenvalue weighted by atomic mass is 10.1. The van der Waals surface area contributed by atoms with E-state index in [0.29, 0.717) is 12.4 Å². The highest BCUT2D eigenvalue weighted by molar-refractivity contribution is 7.98. The third kappa shape index (κ3) is 1.90. The molecule has 90 valence electrons. The van der Waals surface area contributed by atoms with Crippen LogP contribution in [0.2, 0.25) is 0 Å². The van der Waals surface area contributed by atoms with E-state index in [1.165, 1.54) is 10.4 Å². The number of nitrogens with zero attached hydrogens (tertiary/aromatic N) is 2. The molecule has 0 aromatic carbocycles. The van der Waals surface area contributed by atoms with Crippen LogP contribution >= 0.6 is 34.7 Å². The van der Waals surface area contributed by atoms with Crippen LogP contribution in [0.3, 0.4) is 0 Å². The van der Waals surface area contributed by atoms with Gasteiger partial charge in [0.1, 0.15) is 4.83 Å². The number of halogens is 1. The molecule has 3 rings (SSSR count). The molecule has 6 heteroatoms. The highest BCUT2D eigenvalue weighted by Crippen LogP contribution is 2.35. The van der Waals surface area contributed by atoms with Gasteiger partial charge in [0, 0.05) is 23.1 Å². The van der Waals surface area contributed by atoms with Crippen LogP contribution in [0.4, 0.5) is 0 Å². The summed E-state index contributed by atoms with van der Waals surface area (Å²) in [5.41, 5.74) is 1.30. The second kappa shape index (κ2) is 4.63. The fourth-order valence-electron chi connectivity index (χ4n) is 2.10. The zero-order valence-corrected chi connectivity index (χ0v) is 11.5. The topological polar surface area (TPSA) is 34.9 Å². The van der Waals surface area contributed by atoms with E-state index in [-0.39, 0.29) is 5.56 Å². The molecule has 0 aliphatic carbocycles. The molecule has 0 bridgehead atoms. The van der Waals surface area contributed by atoms with Crippen molar-refractivity contribution in [3.8, 4) is 0 Å². The van der Waals surface area contributed by atoms with Crippen molar-refractivity contribution in [2.45, 2.75) is 18.7 Å². The Morgan fingerprint density at radius 2 is 2.41 bits per heavy atom. The molecule has 0 N–H and O–H groups in total. The summed E-state index contributed by atoms with van der Waals surface area (Å²) >= 11 is 9.28. The van der Waals surface area contributed by atoms with Gasteiger partial charge < -0.3 is 0 Å². The van der Waals surface area contributed by atoms with Gasteiger partial charge in [0.2, 0.25) is 0 Å². The van der Waals surface area contributed by atoms with Gasteiger partial charge in [-0.1, -0.05) is 0 Å². The first-order valence-corrected chi connectivity index (χ1v) is 7.95. The molecular formula is C11H11ClN2OS2. The summed E-state index contributed by atoms with van der Waals surface area (Å²) in [5.74, 6) is 2.56. The second-order valence-corrected chi connectivity index (χ2v) is 6.49. The number of thiophene rings is 1. The Labute approximate surface area is 112 Å². The molecule has 0 saturated heterocycles. The Bertz CT molecular complexity index is 620. The normalized spacial score (nSPS) is 15.1. The Morgan fingerprint density at radius 3 is 3.24 bits per heavy atom. The van der Waals surface area contributed by atoms with Crippen molar-refractivity contribution in [3.05, 3.63) is 27.1 Å². The van der Waals surface area contributed by atoms with Gasteiger partial charge >= 0.3 is 0 Å². The van der Waals surface area contributed by atoms with E-state index in [9.17, 15) is 4.79 Å². The Hall–Kier alpha value is -0.520. The van der Waals surface area contributed by atoms with Gasteiger partial charge in [0.15, 0.2) is 0 Å². The van der Waals surface area contributed by atoms with Crippen LogP contribution in [0.15, 0.2) is 11.1 Å². The first kappa shape index (κ1) is 11.6. The quantitative estimate of drug-likeness (QED) is 0.796. The average molecular weight is 287 g/mol. The number of hydrogen-bond acceptors (Lipinski definition) is 4.